The standard InChI is InChI=1S/C24H34O4/c1-16-9-18-11-24(27-14-23(2,3)15-28-24)12-20(18)22(16)21(26)10-19(13-25)17-7-5-4-6-8-17/h4-8,16,18-20,22,25H,9-15H2,1-3H3/t16-,18-,19?,20+,22+/m1/s1. The van der Waals surface area contributed by atoms with E-state index in [0.717, 1.165) is 38.0 Å². The molecule has 0 amide bonds. The van der Waals surface area contributed by atoms with Gasteiger partial charge in [-0.3, -0.25) is 4.79 Å². The van der Waals surface area contributed by atoms with Crippen molar-refractivity contribution in [3.63, 3.8) is 0 Å². The highest BCUT2D eigenvalue weighted by Crippen LogP contribution is 2.57. The largest absolute Gasteiger partial charge is 0.396 e. The molecule has 1 N–H and O–H groups in total. The Labute approximate surface area is 168 Å². The number of hydrogen-bond acceptors (Lipinski definition) is 4. The van der Waals surface area contributed by atoms with Crippen LogP contribution >= 0.6 is 0 Å². The topological polar surface area (TPSA) is 55.8 Å². The minimum atomic E-state index is -0.473. The second-order valence-electron chi connectivity index (χ2n) is 10.2. The lowest BCUT2D eigenvalue weighted by Crippen LogP contribution is -2.46. The summed E-state index contributed by atoms with van der Waals surface area (Å²) >= 11 is 0. The van der Waals surface area contributed by atoms with Crippen LogP contribution in [0.15, 0.2) is 30.3 Å². The predicted molar refractivity (Wildman–Crippen MR) is 108 cm³/mol. The average Bonchev–Trinajstić information content (AvgIpc) is 3.16. The average molecular weight is 387 g/mol. The lowest BCUT2D eigenvalue weighted by molar-refractivity contribution is -0.298. The van der Waals surface area contributed by atoms with Crippen LogP contribution in [-0.2, 0) is 14.3 Å². The molecular formula is C24H34O4. The van der Waals surface area contributed by atoms with Crippen molar-refractivity contribution < 1.29 is 19.4 Å². The summed E-state index contributed by atoms with van der Waals surface area (Å²) in [6, 6.07) is 9.91. The number of carbonyl (C=O) groups excluding carboxylic acids is 1. The summed E-state index contributed by atoms with van der Waals surface area (Å²) in [6.07, 6.45) is 3.25. The normalized spacial score (nSPS) is 34.3. The van der Waals surface area contributed by atoms with Gasteiger partial charge in [0.2, 0.25) is 0 Å². The Kier molecular flexibility index (Phi) is 5.41. The monoisotopic (exact) mass is 386 g/mol. The molecule has 1 unspecified atom stereocenters. The highest BCUT2D eigenvalue weighted by molar-refractivity contribution is 5.83. The molecule has 4 heteroatoms. The van der Waals surface area contributed by atoms with Crippen LogP contribution in [0.3, 0.4) is 0 Å². The molecule has 1 heterocycles. The van der Waals surface area contributed by atoms with Crippen LogP contribution in [0.1, 0.15) is 57.9 Å². The molecule has 1 aliphatic heterocycles. The predicted octanol–water partition coefficient (Wildman–Crippen LogP) is 4.17. The van der Waals surface area contributed by atoms with Gasteiger partial charge in [-0.15, -0.1) is 0 Å². The quantitative estimate of drug-likeness (QED) is 0.825. The van der Waals surface area contributed by atoms with Gasteiger partial charge in [-0.2, -0.15) is 0 Å². The van der Waals surface area contributed by atoms with E-state index in [0.29, 0.717) is 30.0 Å². The van der Waals surface area contributed by atoms with Gasteiger partial charge in [0.05, 0.1) is 19.8 Å². The number of Topliss-reactive ketones (excluding diaryl/α,β-unsaturated/α-hetero) is 1. The van der Waals surface area contributed by atoms with Crippen molar-refractivity contribution in [1.82, 2.24) is 0 Å². The van der Waals surface area contributed by atoms with E-state index >= 15 is 0 Å². The third kappa shape index (κ3) is 3.79. The van der Waals surface area contributed by atoms with Gasteiger partial charge >= 0.3 is 0 Å². The van der Waals surface area contributed by atoms with Crippen molar-refractivity contribution in [2.24, 2.45) is 29.1 Å². The van der Waals surface area contributed by atoms with Crippen LogP contribution in [0.2, 0.25) is 0 Å². The first kappa shape index (κ1) is 20.1. The van der Waals surface area contributed by atoms with Gasteiger partial charge in [-0.1, -0.05) is 51.1 Å². The molecule has 28 heavy (non-hydrogen) atoms. The third-order valence-corrected chi connectivity index (χ3v) is 7.24. The van der Waals surface area contributed by atoms with Crippen molar-refractivity contribution >= 4 is 5.78 Å². The van der Waals surface area contributed by atoms with E-state index in [1.807, 2.05) is 30.3 Å². The van der Waals surface area contributed by atoms with Crippen molar-refractivity contribution in [3.05, 3.63) is 35.9 Å². The lowest BCUT2D eigenvalue weighted by Gasteiger charge is -2.42. The molecule has 1 aromatic rings. The molecule has 0 aromatic heterocycles. The first-order valence-corrected chi connectivity index (χ1v) is 10.8. The minimum absolute atomic E-state index is 0.0101. The van der Waals surface area contributed by atoms with Gasteiger partial charge < -0.3 is 14.6 Å². The van der Waals surface area contributed by atoms with E-state index in [1.165, 1.54) is 0 Å². The van der Waals surface area contributed by atoms with Crippen molar-refractivity contribution in [2.75, 3.05) is 19.8 Å². The fraction of sp³-hybridized carbons (Fsp3) is 0.708. The van der Waals surface area contributed by atoms with Crippen molar-refractivity contribution in [2.45, 2.75) is 58.2 Å². The van der Waals surface area contributed by atoms with E-state index in [2.05, 4.69) is 20.8 Å². The van der Waals surface area contributed by atoms with E-state index < -0.39 is 5.79 Å². The molecule has 0 bridgehead atoms. The Balaban J connectivity index is 1.45. The zero-order chi connectivity index (χ0) is 19.9. The molecular weight excluding hydrogens is 352 g/mol. The number of fused-ring (bicyclic) bond motifs is 1. The Hall–Kier alpha value is -1.23. The van der Waals surface area contributed by atoms with Gasteiger partial charge in [0.15, 0.2) is 5.79 Å². The number of carbonyl (C=O) groups is 1. The van der Waals surface area contributed by atoms with Crippen molar-refractivity contribution in [3.8, 4) is 0 Å². The molecule has 154 valence electrons. The minimum Gasteiger partial charge on any atom is -0.396 e. The Morgan fingerprint density at radius 3 is 2.50 bits per heavy atom. The number of aliphatic hydroxyl groups is 1. The van der Waals surface area contributed by atoms with Crippen LogP contribution in [0.4, 0.5) is 0 Å². The van der Waals surface area contributed by atoms with Gasteiger partial charge in [0.25, 0.3) is 0 Å². The maximum atomic E-state index is 13.3. The number of aliphatic hydroxyl groups excluding tert-OH is 1. The zero-order valence-electron chi connectivity index (χ0n) is 17.4. The van der Waals surface area contributed by atoms with E-state index in [4.69, 9.17) is 9.47 Å². The van der Waals surface area contributed by atoms with E-state index in [1.54, 1.807) is 0 Å². The van der Waals surface area contributed by atoms with Crippen molar-refractivity contribution in [1.29, 1.82) is 0 Å². The van der Waals surface area contributed by atoms with Gasteiger partial charge in [0.1, 0.15) is 5.78 Å². The van der Waals surface area contributed by atoms with Crippen LogP contribution in [0, 0.1) is 29.1 Å². The summed E-state index contributed by atoms with van der Waals surface area (Å²) in [5, 5.41) is 9.88. The smallest absolute Gasteiger partial charge is 0.168 e. The molecule has 1 saturated heterocycles. The third-order valence-electron chi connectivity index (χ3n) is 7.24. The van der Waals surface area contributed by atoms with Crippen LogP contribution < -0.4 is 0 Å². The molecule has 1 spiro atoms. The molecule has 2 saturated carbocycles. The number of rotatable bonds is 5. The highest BCUT2D eigenvalue weighted by atomic mass is 16.7. The Morgan fingerprint density at radius 1 is 1.18 bits per heavy atom. The molecule has 0 radical (unpaired) electrons. The first-order valence-electron chi connectivity index (χ1n) is 10.8. The summed E-state index contributed by atoms with van der Waals surface area (Å²) in [7, 11) is 0. The van der Waals surface area contributed by atoms with Gasteiger partial charge in [0, 0.05) is 36.5 Å². The van der Waals surface area contributed by atoms with Gasteiger partial charge in [-0.25, -0.2) is 0 Å². The summed E-state index contributed by atoms with van der Waals surface area (Å²) in [6.45, 7) is 8.01. The van der Waals surface area contributed by atoms with Gasteiger partial charge in [-0.05, 0) is 29.7 Å². The fourth-order valence-corrected chi connectivity index (χ4v) is 5.81. The SMILES string of the molecule is C[C@@H]1C[C@@H]2CC3(C[C@@H]2[C@H]1C(=O)CC(CO)c1ccccc1)OCC(C)(C)CO3. The Morgan fingerprint density at radius 2 is 1.86 bits per heavy atom. The maximum absolute atomic E-state index is 13.3. The first-order chi connectivity index (χ1) is 13.3. The molecule has 5 atom stereocenters. The number of ether oxygens (including phenoxy) is 2. The fourth-order valence-electron chi connectivity index (χ4n) is 5.81. The molecule has 4 rings (SSSR count). The highest BCUT2D eigenvalue weighted by Gasteiger charge is 2.57. The second-order valence-corrected chi connectivity index (χ2v) is 10.2. The molecule has 4 nitrogen and oxygen atoms in total. The van der Waals surface area contributed by atoms with Crippen LogP contribution in [0.5, 0.6) is 0 Å². The molecule has 3 aliphatic rings. The molecule has 2 aliphatic carbocycles. The Bertz CT molecular complexity index is 688. The summed E-state index contributed by atoms with van der Waals surface area (Å²) in [5.74, 6) is 1.03. The number of benzene rings is 1. The lowest BCUT2D eigenvalue weighted by atomic mass is 9.80. The van der Waals surface area contributed by atoms with E-state index in [-0.39, 0.29) is 23.9 Å². The zero-order valence-corrected chi connectivity index (χ0v) is 17.4. The second kappa shape index (κ2) is 7.55. The summed E-state index contributed by atoms with van der Waals surface area (Å²) in [5.41, 5.74) is 1.11. The maximum Gasteiger partial charge on any atom is 0.168 e. The van der Waals surface area contributed by atoms with Crippen LogP contribution in [-0.4, -0.2) is 36.5 Å². The summed E-state index contributed by atoms with van der Waals surface area (Å²) < 4.78 is 12.5. The molecule has 1 aromatic carbocycles. The summed E-state index contributed by atoms with van der Waals surface area (Å²) in [4.78, 5) is 13.3. The van der Waals surface area contributed by atoms with Crippen LogP contribution in [0.25, 0.3) is 0 Å². The number of hydrogen-bond donors (Lipinski definition) is 1. The van der Waals surface area contributed by atoms with E-state index in [9.17, 15) is 9.90 Å². The molecule has 3 fully saturated rings. The number of ketones is 1.